The van der Waals surface area contributed by atoms with Gasteiger partial charge in [0.15, 0.2) is 0 Å². The van der Waals surface area contributed by atoms with Crippen LogP contribution in [0.3, 0.4) is 0 Å². The van der Waals surface area contributed by atoms with Crippen LogP contribution in [0.25, 0.3) is 0 Å². The Morgan fingerprint density at radius 3 is 2.00 bits per heavy atom. The number of methoxy groups -OCH3 is 1. The molecule has 0 bridgehead atoms. The molecule has 2 fully saturated rings. The maximum Gasteiger partial charge on any atom is 0.331 e. The van der Waals surface area contributed by atoms with E-state index in [9.17, 15) is 19.2 Å². The van der Waals surface area contributed by atoms with Crippen LogP contribution >= 0.6 is 0 Å². The highest BCUT2D eigenvalue weighted by Gasteiger charge is 2.44. The van der Waals surface area contributed by atoms with Crippen molar-refractivity contribution < 1.29 is 23.9 Å². The normalized spacial score (nSPS) is 18.1. The van der Waals surface area contributed by atoms with Gasteiger partial charge in [-0.15, -0.1) is 0 Å². The first-order valence-corrected chi connectivity index (χ1v) is 14.1. The molecule has 40 heavy (non-hydrogen) atoms. The van der Waals surface area contributed by atoms with Gasteiger partial charge in [-0.25, -0.2) is 4.79 Å². The number of ether oxygens (including phenoxy) is 1. The molecule has 0 saturated carbocycles. The Morgan fingerprint density at radius 1 is 0.850 bits per heavy atom. The van der Waals surface area contributed by atoms with E-state index in [4.69, 9.17) is 4.74 Å². The predicted octanol–water partition coefficient (Wildman–Crippen LogP) is 2.22. The molecule has 2 aliphatic rings. The monoisotopic (exact) mass is 548 g/mol. The van der Waals surface area contributed by atoms with Gasteiger partial charge in [0.1, 0.15) is 5.54 Å². The topological polar surface area (TPSA) is 99.3 Å². The first-order valence-electron chi connectivity index (χ1n) is 14.1. The van der Waals surface area contributed by atoms with Crippen LogP contribution in [0.2, 0.25) is 0 Å². The van der Waals surface area contributed by atoms with Crippen molar-refractivity contribution >= 4 is 23.7 Å². The van der Waals surface area contributed by atoms with Crippen LogP contribution in [0.1, 0.15) is 43.2 Å². The average molecular weight is 549 g/mol. The van der Waals surface area contributed by atoms with Crippen LogP contribution < -0.4 is 5.32 Å². The van der Waals surface area contributed by atoms with E-state index in [1.807, 2.05) is 65.6 Å². The highest BCUT2D eigenvalue weighted by Crippen LogP contribution is 2.28. The summed E-state index contributed by atoms with van der Waals surface area (Å²) in [4.78, 5) is 57.1. The van der Waals surface area contributed by atoms with Gasteiger partial charge in [-0.3, -0.25) is 14.4 Å². The van der Waals surface area contributed by atoms with Crippen molar-refractivity contribution in [2.45, 2.75) is 44.1 Å². The number of carbonyl (C=O) groups excluding carboxylic acids is 4. The van der Waals surface area contributed by atoms with Gasteiger partial charge in [0.2, 0.25) is 17.7 Å². The maximum atomic E-state index is 13.7. The fraction of sp³-hybridized carbons (Fsp3) is 0.484. The molecule has 0 aromatic heterocycles. The molecule has 214 valence electrons. The lowest BCUT2D eigenvalue weighted by molar-refractivity contribution is -0.153. The molecule has 0 aliphatic carbocycles. The molecule has 3 amide bonds. The Hall–Kier alpha value is -3.72. The average Bonchev–Trinajstić information content (AvgIpc) is 3.00. The minimum atomic E-state index is -1.08. The Labute approximate surface area is 236 Å². The number of likely N-dealkylation sites (tertiary alicyclic amines) is 1. The molecular formula is C31H40N4O5. The van der Waals surface area contributed by atoms with Crippen LogP contribution in [0.15, 0.2) is 60.7 Å². The number of rotatable bonds is 9. The standard InChI is InChI=1S/C31H40N4O5/c1-24(36)34-19-21-35(22-20-34)29(38)27(26-11-7-4-8-12-26)23-33-17-15-31(16-18-33,30(39)40-2)32-28(37)14-13-25-9-5-3-6-10-25/h3-12,27H,13-23H2,1-2H3,(H,32,37). The number of nitrogens with zero attached hydrogens (tertiary/aromatic N) is 3. The number of piperazine rings is 1. The third kappa shape index (κ3) is 7.27. The Bertz CT molecular complexity index is 1160. The number of hydrogen-bond donors (Lipinski definition) is 1. The third-order valence-corrected chi connectivity index (χ3v) is 8.13. The molecule has 2 aromatic rings. The van der Waals surface area contributed by atoms with Crippen LogP contribution in [-0.2, 0) is 30.3 Å². The predicted molar refractivity (Wildman–Crippen MR) is 151 cm³/mol. The summed E-state index contributed by atoms with van der Waals surface area (Å²) >= 11 is 0. The molecule has 9 nitrogen and oxygen atoms in total. The van der Waals surface area contributed by atoms with Gasteiger partial charge in [0, 0.05) is 59.2 Å². The smallest absolute Gasteiger partial charge is 0.331 e. The molecule has 2 heterocycles. The van der Waals surface area contributed by atoms with Crippen LogP contribution in [0, 0.1) is 0 Å². The van der Waals surface area contributed by atoms with Crippen molar-refractivity contribution in [2.24, 2.45) is 0 Å². The highest BCUT2D eigenvalue weighted by molar-refractivity contribution is 5.88. The summed E-state index contributed by atoms with van der Waals surface area (Å²) in [6.07, 6.45) is 1.69. The van der Waals surface area contributed by atoms with Gasteiger partial charge in [0.25, 0.3) is 0 Å². The van der Waals surface area contributed by atoms with Crippen molar-refractivity contribution in [1.29, 1.82) is 0 Å². The van der Waals surface area contributed by atoms with Gasteiger partial charge in [-0.05, 0) is 30.4 Å². The van der Waals surface area contributed by atoms with Crippen LogP contribution in [0.4, 0.5) is 0 Å². The molecule has 0 radical (unpaired) electrons. The van der Waals surface area contributed by atoms with E-state index in [0.717, 1.165) is 11.1 Å². The second kappa shape index (κ2) is 13.6. The Balaban J connectivity index is 1.40. The molecule has 0 spiro atoms. The molecular weight excluding hydrogens is 508 g/mol. The van der Waals surface area contributed by atoms with Crippen molar-refractivity contribution in [3.63, 3.8) is 0 Å². The maximum absolute atomic E-state index is 13.7. The fourth-order valence-electron chi connectivity index (χ4n) is 5.66. The van der Waals surface area contributed by atoms with Crippen LogP contribution in [-0.4, -0.2) is 96.9 Å². The van der Waals surface area contributed by atoms with Gasteiger partial charge in [-0.1, -0.05) is 60.7 Å². The third-order valence-electron chi connectivity index (χ3n) is 8.13. The SMILES string of the molecule is COC(=O)C1(NC(=O)CCc2ccccc2)CCN(CC(C(=O)N2CCN(C(C)=O)CC2)c2ccccc2)CC1. The molecule has 2 saturated heterocycles. The number of carbonyl (C=O) groups is 4. The van der Waals surface area contributed by atoms with Crippen molar-refractivity contribution in [3.8, 4) is 0 Å². The number of amides is 3. The largest absolute Gasteiger partial charge is 0.467 e. The molecule has 2 aromatic carbocycles. The lowest BCUT2D eigenvalue weighted by atomic mass is 9.86. The quantitative estimate of drug-likeness (QED) is 0.483. The van der Waals surface area contributed by atoms with E-state index < -0.39 is 11.5 Å². The lowest BCUT2D eigenvalue weighted by Gasteiger charge is -2.42. The summed E-state index contributed by atoms with van der Waals surface area (Å²) in [5.74, 6) is -0.894. The molecule has 2 aliphatic heterocycles. The summed E-state index contributed by atoms with van der Waals surface area (Å²) in [7, 11) is 1.35. The number of hydrogen-bond acceptors (Lipinski definition) is 6. The Kier molecular flexibility index (Phi) is 9.93. The van der Waals surface area contributed by atoms with Gasteiger partial charge in [0.05, 0.1) is 13.0 Å². The highest BCUT2D eigenvalue weighted by atomic mass is 16.5. The summed E-state index contributed by atoms with van der Waals surface area (Å²) in [6, 6.07) is 19.5. The van der Waals surface area contributed by atoms with Crippen molar-refractivity contribution in [3.05, 3.63) is 71.8 Å². The second-order valence-corrected chi connectivity index (χ2v) is 10.7. The number of piperidine rings is 1. The van der Waals surface area contributed by atoms with E-state index in [1.54, 1.807) is 11.8 Å². The second-order valence-electron chi connectivity index (χ2n) is 10.7. The van der Waals surface area contributed by atoms with Crippen LogP contribution in [0.5, 0.6) is 0 Å². The molecule has 1 N–H and O–H groups in total. The summed E-state index contributed by atoms with van der Waals surface area (Å²) < 4.78 is 5.12. The van der Waals surface area contributed by atoms with E-state index in [1.165, 1.54) is 7.11 Å². The molecule has 1 unspecified atom stereocenters. The van der Waals surface area contributed by atoms with E-state index >= 15 is 0 Å². The summed E-state index contributed by atoms with van der Waals surface area (Å²) in [6.45, 7) is 5.27. The molecule has 9 heteroatoms. The number of esters is 1. The van der Waals surface area contributed by atoms with Gasteiger partial charge in [-0.2, -0.15) is 0 Å². The minimum Gasteiger partial charge on any atom is -0.467 e. The van der Waals surface area contributed by atoms with E-state index in [0.29, 0.717) is 65.1 Å². The molecule has 4 rings (SSSR count). The first-order chi connectivity index (χ1) is 19.3. The van der Waals surface area contributed by atoms with E-state index in [2.05, 4.69) is 10.2 Å². The van der Waals surface area contributed by atoms with E-state index in [-0.39, 0.29) is 30.1 Å². The number of benzene rings is 2. The fourth-order valence-corrected chi connectivity index (χ4v) is 5.66. The minimum absolute atomic E-state index is 0.0290. The summed E-state index contributed by atoms with van der Waals surface area (Å²) in [5.41, 5.74) is 0.938. The van der Waals surface area contributed by atoms with Crippen molar-refractivity contribution in [1.82, 2.24) is 20.0 Å². The first kappa shape index (κ1) is 29.3. The zero-order valence-corrected chi connectivity index (χ0v) is 23.5. The molecule has 1 atom stereocenters. The van der Waals surface area contributed by atoms with Crippen molar-refractivity contribution in [2.75, 3.05) is 52.9 Å². The Morgan fingerprint density at radius 2 is 1.43 bits per heavy atom. The zero-order valence-electron chi connectivity index (χ0n) is 23.5. The number of nitrogens with one attached hydrogen (secondary N) is 1. The van der Waals surface area contributed by atoms with Gasteiger partial charge >= 0.3 is 5.97 Å². The lowest BCUT2D eigenvalue weighted by Crippen LogP contribution is -2.61. The van der Waals surface area contributed by atoms with Gasteiger partial charge < -0.3 is 24.8 Å². The zero-order chi connectivity index (χ0) is 28.5. The summed E-state index contributed by atoms with van der Waals surface area (Å²) in [5, 5.41) is 3.00. The number of aryl methyl sites for hydroxylation is 1.